The molecule has 0 saturated heterocycles. The molecular formula is C11H13F2NO2. The lowest BCUT2D eigenvalue weighted by Crippen LogP contribution is -2.08. The fraction of sp³-hybridized carbons (Fsp3) is 0.364. The van der Waals surface area contributed by atoms with Gasteiger partial charge < -0.3 is 10.5 Å². The third-order valence-corrected chi connectivity index (χ3v) is 2.16. The summed E-state index contributed by atoms with van der Waals surface area (Å²) in [6, 6.07) is 2.36. The van der Waals surface area contributed by atoms with Gasteiger partial charge in [-0.3, -0.25) is 0 Å². The SMILES string of the molecule is COC(=O)c1cc(CCCN)cc(F)c1F. The molecular weight excluding hydrogens is 216 g/mol. The van der Waals surface area contributed by atoms with Gasteiger partial charge in [0.1, 0.15) is 0 Å². The van der Waals surface area contributed by atoms with Gasteiger partial charge in [0.2, 0.25) is 0 Å². The molecule has 1 aromatic carbocycles. The Kier molecular flexibility index (Phi) is 4.37. The zero-order chi connectivity index (χ0) is 12.1. The highest BCUT2D eigenvalue weighted by molar-refractivity contribution is 5.89. The monoisotopic (exact) mass is 229 g/mol. The van der Waals surface area contributed by atoms with Crippen LogP contribution in [0.1, 0.15) is 22.3 Å². The number of hydrogen-bond donors (Lipinski definition) is 1. The molecule has 1 rings (SSSR count). The summed E-state index contributed by atoms with van der Waals surface area (Å²) in [6.45, 7) is 0.451. The van der Waals surface area contributed by atoms with Crippen LogP contribution < -0.4 is 5.73 Å². The predicted molar refractivity (Wildman–Crippen MR) is 55.1 cm³/mol. The third kappa shape index (κ3) is 2.76. The second-order valence-corrected chi connectivity index (χ2v) is 3.32. The highest BCUT2D eigenvalue weighted by Crippen LogP contribution is 2.17. The minimum absolute atomic E-state index is 0.380. The molecule has 1 aromatic rings. The number of ether oxygens (including phenoxy) is 1. The summed E-state index contributed by atoms with van der Waals surface area (Å²) in [6.07, 6.45) is 1.14. The quantitative estimate of drug-likeness (QED) is 0.798. The van der Waals surface area contributed by atoms with Crippen LogP contribution in [0.5, 0.6) is 0 Å². The first kappa shape index (κ1) is 12.6. The summed E-state index contributed by atoms with van der Waals surface area (Å²) < 4.78 is 30.8. The first-order chi connectivity index (χ1) is 7.60. The van der Waals surface area contributed by atoms with Crippen molar-refractivity contribution in [3.8, 4) is 0 Å². The molecule has 16 heavy (non-hydrogen) atoms. The van der Waals surface area contributed by atoms with Gasteiger partial charge in [0.15, 0.2) is 11.6 Å². The molecule has 0 saturated carbocycles. The van der Waals surface area contributed by atoms with E-state index in [4.69, 9.17) is 5.73 Å². The molecule has 3 nitrogen and oxygen atoms in total. The van der Waals surface area contributed by atoms with E-state index in [0.717, 1.165) is 13.2 Å². The molecule has 0 unspecified atom stereocenters. The predicted octanol–water partition coefficient (Wildman–Crippen LogP) is 1.64. The Morgan fingerprint density at radius 1 is 1.44 bits per heavy atom. The minimum Gasteiger partial charge on any atom is -0.465 e. The Balaban J connectivity index is 3.06. The van der Waals surface area contributed by atoms with Crippen LogP contribution in [0, 0.1) is 11.6 Å². The van der Waals surface area contributed by atoms with Gasteiger partial charge in [-0.15, -0.1) is 0 Å². The van der Waals surface area contributed by atoms with Crippen molar-refractivity contribution in [1.29, 1.82) is 0 Å². The van der Waals surface area contributed by atoms with E-state index in [0.29, 0.717) is 24.9 Å². The van der Waals surface area contributed by atoms with Gasteiger partial charge in [0.25, 0.3) is 0 Å². The van der Waals surface area contributed by atoms with Crippen molar-refractivity contribution in [2.45, 2.75) is 12.8 Å². The van der Waals surface area contributed by atoms with Gasteiger partial charge in [-0.25, -0.2) is 13.6 Å². The van der Waals surface area contributed by atoms with Crippen molar-refractivity contribution >= 4 is 5.97 Å². The number of halogens is 2. The number of carbonyl (C=O) groups is 1. The minimum atomic E-state index is -1.18. The molecule has 0 amide bonds. The number of rotatable bonds is 4. The highest BCUT2D eigenvalue weighted by atomic mass is 19.2. The largest absolute Gasteiger partial charge is 0.465 e. The molecule has 0 aliphatic heterocycles. The molecule has 5 heteroatoms. The lowest BCUT2D eigenvalue weighted by molar-refractivity contribution is 0.0594. The Bertz CT molecular complexity index is 394. The number of nitrogens with two attached hydrogens (primary N) is 1. The first-order valence-electron chi connectivity index (χ1n) is 4.86. The maximum atomic E-state index is 13.2. The van der Waals surface area contributed by atoms with E-state index in [1.807, 2.05) is 0 Å². The highest BCUT2D eigenvalue weighted by Gasteiger charge is 2.17. The fourth-order valence-corrected chi connectivity index (χ4v) is 1.35. The summed E-state index contributed by atoms with van der Waals surface area (Å²) in [5.74, 6) is -3.11. The lowest BCUT2D eigenvalue weighted by Gasteiger charge is -2.06. The van der Waals surface area contributed by atoms with E-state index in [2.05, 4.69) is 4.74 Å². The maximum absolute atomic E-state index is 13.2. The molecule has 0 bridgehead atoms. The van der Waals surface area contributed by atoms with Crippen LogP contribution in [0.2, 0.25) is 0 Å². The van der Waals surface area contributed by atoms with E-state index < -0.39 is 17.6 Å². The standard InChI is InChI=1S/C11H13F2NO2/c1-16-11(15)8-5-7(3-2-4-14)6-9(12)10(8)13/h5-6H,2-4,14H2,1H3. The van der Waals surface area contributed by atoms with Crippen LogP contribution >= 0.6 is 0 Å². The molecule has 0 aliphatic carbocycles. The summed E-state index contributed by atoms with van der Waals surface area (Å²) >= 11 is 0. The average Bonchev–Trinajstić information content (AvgIpc) is 2.29. The fourth-order valence-electron chi connectivity index (χ4n) is 1.35. The number of carbonyl (C=O) groups excluding carboxylic acids is 1. The molecule has 0 fully saturated rings. The van der Waals surface area contributed by atoms with Crippen molar-refractivity contribution in [3.05, 3.63) is 34.9 Å². The zero-order valence-corrected chi connectivity index (χ0v) is 8.93. The lowest BCUT2D eigenvalue weighted by atomic mass is 10.1. The van der Waals surface area contributed by atoms with E-state index in [-0.39, 0.29) is 5.56 Å². The smallest absolute Gasteiger partial charge is 0.340 e. The molecule has 0 aromatic heterocycles. The van der Waals surface area contributed by atoms with Gasteiger partial charge in [-0.1, -0.05) is 0 Å². The number of benzene rings is 1. The van der Waals surface area contributed by atoms with Gasteiger partial charge >= 0.3 is 5.97 Å². The van der Waals surface area contributed by atoms with Crippen LogP contribution in [0.15, 0.2) is 12.1 Å². The molecule has 0 radical (unpaired) electrons. The molecule has 0 atom stereocenters. The van der Waals surface area contributed by atoms with Crippen molar-refractivity contribution in [1.82, 2.24) is 0 Å². The molecule has 0 spiro atoms. The molecule has 0 heterocycles. The Morgan fingerprint density at radius 2 is 2.12 bits per heavy atom. The topological polar surface area (TPSA) is 52.3 Å². The zero-order valence-electron chi connectivity index (χ0n) is 8.93. The van der Waals surface area contributed by atoms with Gasteiger partial charge in [0.05, 0.1) is 12.7 Å². The number of aryl methyl sites for hydroxylation is 1. The average molecular weight is 229 g/mol. The van der Waals surface area contributed by atoms with E-state index >= 15 is 0 Å². The van der Waals surface area contributed by atoms with E-state index in [1.54, 1.807) is 0 Å². The van der Waals surface area contributed by atoms with Crippen LogP contribution in [-0.4, -0.2) is 19.6 Å². The number of methoxy groups -OCH3 is 1. The van der Waals surface area contributed by atoms with Gasteiger partial charge in [-0.05, 0) is 37.1 Å². The maximum Gasteiger partial charge on any atom is 0.340 e. The Morgan fingerprint density at radius 3 is 2.69 bits per heavy atom. The van der Waals surface area contributed by atoms with Crippen molar-refractivity contribution in [3.63, 3.8) is 0 Å². The van der Waals surface area contributed by atoms with Gasteiger partial charge in [0, 0.05) is 0 Å². The van der Waals surface area contributed by atoms with Crippen LogP contribution in [0.3, 0.4) is 0 Å². The Hall–Kier alpha value is -1.49. The molecule has 88 valence electrons. The van der Waals surface area contributed by atoms with E-state index in [1.165, 1.54) is 6.07 Å². The van der Waals surface area contributed by atoms with Crippen molar-refractivity contribution in [2.24, 2.45) is 5.73 Å². The second-order valence-electron chi connectivity index (χ2n) is 3.32. The van der Waals surface area contributed by atoms with E-state index in [9.17, 15) is 13.6 Å². The number of hydrogen-bond acceptors (Lipinski definition) is 3. The van der Waals surface area contributed by atoms with Crippen LogP contribution in [-0.2, 0) is 11.2 Å². The van der Waals surface area contributed by atoms with Gasteiger partial charge in [-0.2, -0.15) is 0 Å². The molecule has 0 aliphatic rings. The normalized spacial score (nSPS) is 10.2. The summed E-state index contributed by atoms with van der Waals surface area (Å²) in [4.78, 5) is 11.2. The second kappa shape index (κ2) is 5.55. The number of esters is 1. The third-order valence-electron chi connectivity index (χ3n) is 2.16. The van der Waals surface area contributed by atoms with Crippen LogP contribution in [0.25, 0.3) is 0 Å². The molecule has 2 N–H and O–H groups in total. The summed E-state index contributed by atoms with van der Waals surface area (Å²) in [7, 11) is 1.12. The summed E-state index contributed by atoms with van der Waals surface area (Å²) in [5.41, 5.74) is 5.46. The van der Waals surface area contributed by atoms with Crippen LogP contribution in [0.4, 0.5) is 8.78 Å². The Labute approximate surface area is 92.2 Å². The van der Waals surface area contributed by atoms with Crippen molar-refractivity contribution < 1.29 is 18.3 Å². The first-order valence-corrected chi connectivity index (χ1v) is 4.86. The summed E-state index contributed by atoms with van der Waals surface area (Å²) in [5, 5.41) is 0. The van der Waals surface area contributed by atoms with Crippen molar-refractivity contribution in [2.75, 3.05) is 13.7 Å².